The van der Waals surface area contributed by atoms with Crippen LogP contribution < -0.4 is 0 Å². The lowest BCUT2D eigenvalue weighted by Gasteiger charge is -2.15. The van der Waals surface area contributed by atoms with Gasteiger partial charge in [0.25, 0.3) is 0 Å². The number of rotatable bonds is 4. The highest BCUT2D eigenvalue weighted by Gasteiger charge is 2.46. The first kappa shape index (κ1) is 13.7. The zero-order valence-electron chi connectivity index (χ0n) is 9.55. The molecule has 8 nitrogen and oxygen atoms in total. The lowest BCUT2D eigenvalue weighted by Crippen LogP contribution is -2.38. The second-order valence-electron chi connectivity index (χ2n) is 3.98. The first-order valence-electron chi connectivity index (χ1n) is 5.20. The van der Waals surface area contributed by atoms with Crippen molar-refractivity contribution in [2.45, 2.75) is 44.4 Å². The number of hydrogen-bond acceptors (Lipinski definition) is 6. The van der Waals surface area contributed by atoms with E-state index in [0.717, 1.165) is 0 Å². The predicted molar refractivity (Wildman–Crippen MR) is 55.9 cm³/mol. The van der Waals surface area contributed by atoms with Crippen molar-refractivity contribution in [1.29, 1.82) is 0 Å². The first-order valence-corrected chi connectivity index (χ1v) is 5.20. The summed E-state index contributed by atoms with van der Waals surface area (Å²) in [6, 6.07) is 0. The Morgan fingerprint density at radius 3 is 2.71 bits per heavy atom. The Balaban J connectivity index is 2.64. The molecule has 96 valence electrons. The molecule has 8 heteroatoms. The second-order valence-corrected chi connectivity index (χ2v) is 3.98. The van der Waals surface area contributed by atoms with Crippen LogP contribution >= 0.6 is 0 Å². The van der Waals surface area contributed by atoms with Crippen molar-refractivity contribution >= 4 is 5.97 Å². The van der Waals surface area contributed by atoms with E-state index in [4.69, 9.17) is 15.0 Å². The number of aliphatic hydroxyl groups is 2. The Morgan fingerprint density at radius 2 is 2.18 bits per heavy atom. The third-order valence-corrected chi connectivity index (χ3v) is 2.27. The van der Waals surface area contributed by atoms with Crippen LogP contribution in [0.25, 0.3) is 10.4 Å². The Hall–Kier alpha value is -1.34. The maximum Gasteiger partial charge on any atom is 0.338 e. The summed E-state index contributed by atoms with van der Waals surface area (Å²) in [6.07, 6.45) is -5.13. The van der Waals surface area contributed by atoms with Gasteiger partial charge in [0.15, 0.2) is 6.10 Å². The Bertz CT molecular complexity index is 329. The molecule has 1 rings (SSSR count). The topological polar surface area (TPSA) is 125 Å². The summed E-state index contributed by atoms with van der Waals surface area (Å²) in [5.41, 5.74) is 8.14. The molecule has 0 bridgehead atoms. The molecule has 2 N–H and O–H groups in total. The summed E-state index contributed by atoms with van der Waals surface area (Å²) in [4.78, 5) is 14.0. The normalized spacial score (nSPS) is 32.3. The van der Waals surface area contributed by atoms with Crippen molar-refractivity contribution in [3.8, 4) is 0 Å². The van der Waals surface area contributed by atoms with Gasteiger partial charge in [0.05, 0.1) is 18.8 Å². The summed E-state index contributed by atoms with van der Waals surface area (Å²) < 4.78 is 9.98. The summed E-state index contributed by atoms with van der Waals surface area (Å²) >= 11 is 0. The molecule has 1 heterocycles. The van der Waals surface area contributed by atoms with E-state index in [0.29, 0.717) is 0 Å². The van der Waals surface area contributed by atoms with Gasteiger partial charge in [0.2, 0.25) is 0 Å². The van der Waals surface area contributed by atoms with Gasteiger partial charge in [0.1, 0.15) is 12.2 Å². The summed E-state index contributed by atoms with van der Waals surface area (Å²) in [6.45, 7) is 3.17. The van der Waals surface area contributed by atoms with Gasteiger partial charge in [0, 0.05) is 4.91 Å². The molecular formula is C9H15N3O5. The number of azide groups is 1. The zero-order valence-corrected chi connectivity index (χ0v) is 9.55. The molecule has 0 unspecified atom stereocenters. The van der Waals surface area contributed by atoms with Gasteiger partial charge in [-0.05, 0) is 19.4 Å². The fourth-order valence-corrected chi connectivity index (χ4v) is 1.51. The van der Waals surface area contributed by atoms with E-state index >= 15 is 0 Å². The van der Waals surface area contributed by atoms with Gasteiger partial charge in [-0.25, -0.2) is 4.79 Å². The molecule has 0 radical (unpaired) electrons. The van der Waals surface area contributed by atoms with Crippen LogP contribution in [0.15, 0.2) is 5.11 Å². The maximum absolute atomic E-state index is 11.5. The number of carbonyl (C=O) groups is 1. The predicted octanol–water partition coefficient (Wildman–Crippen LogP) is -0.263. The van der Waals surface area contributed by atoms with Gasteiger partial charge < -0.3 is 19.7 Å². The monoisotopic (exact) mass is 245 g/mol. The fraction of sp³-hybridized carbons (Fsp3) is 0.889. The van der Waals surface area contributed by atoms with Crippen molar-refractivity contribution in [3.63, 3.8) is 0 Å². The standard InChI is InChI=1S/C9H15N3O5/c1-4(2)16-9(15)8-7(14)6(13)5(17-8)3-11-12-10/h4-8,13-14H,3H2,1-2H3/t5-,6-,7+,8-/m1/s1. The average molecular weight is 245 g/mol. The van der Waals surface area contributed by atoms with Crippen LogP contribution in [0.4, 0.5) is 0 Å². The molecule has 0 aromatic heterocycles. The molecular weight excluding hydrogens is 230 g/mol. The van der Waals surface area contributed by atoms with E-state index in [9.17, 15) is 15.0 Å². The minimum atomic E-state index is -1.37. The highest BCUT2D eigenvalue weighted by Crippen LogP contribution is 2.23. The highest BCUT2D eigenvalue weighted by atomic mass is 16.6. The van der Waals surface area contributed by atoms with Crippen LogP contribution in [0.3, 0.4) is 0 Å². The number of nitrogens with zero attached hydrogens (tertiary/aromatic N) is 3. The fourth-order valence-electron chi connectivity index (χ4n) is 1.51. The molecule has 4 atom stereocenters. The molecule has 1 fully saturated rings. The van der Waals surface area contributed by atoms with E-state index in [2.05, 4.69) is 10.0 Å². The Morgan fingerprint density at radius 1 is 1.53 bits per heavy atom. The van der Waals surface area contributed by atoms with E-state index in [1.807, 2.05) is 0 Å². The highest BCUT2D eigenvalue weighted by molar-refractivity contribution is 5.76. The van der Waals surface area contributed by atoms with Crippen LogP contribution in [0.2, 0.25) is 0 Å². The smallest absolute Gasteiger partial charge is 0.338 e. The van der Waals surface area contributed by atoms with Crippen LogP contribution in [0.5, 0.6) is 0 Å². The minimum Gasteiger partial charge on any atom is -0.461 e. The third kappa shape index (κ3) is 3.31. The van der Waals surface area contributed by atoms with E-state index in [-0.39, 0.29) is 12.6 Å². The summed E-state index contributed by atoms with van der Waals surface area (Å²) in [5.74, 6) is -0.741. The van der Waals surface area contributed by atoms with Gasteiger partial charge in [-0.15, -0.1) is 0 Å². The number of esters is 1. The quantitative estimate of drug-likeness (QED) is 0.305. The van der Waals surface area contributed by atoms with Crippen LogP contribution in [-0.2, 0) is 14.3 Å². The lowest BCUT2D eigenvalue weighted by atomic mass is 10.1. The Labute approximate surface area is 97.8 Å². The minimum absolute atomic E-state index is 0.153. The molecule has 0 aromatic carbocycles. The molecule has 0 spiro atoms. The number of carbonyl (C=O) groups excluding carboxylic acids is 1. The number of hydrogen-bond donors (Lipinski definition) is 2. The Kier molecular flexibility index (Phi) is 4.71. The largest absolute Gasteiger partial charge is 0.461 e. The van der Waals surface area contributed by atoms with Crippen molar-refractivity contribution in [2.75, 3.05) is 6.54 Å². The SMILES string of the molecule is CC(C)OC(=O)[C@@H]1O[C@H](CN=[N+]=[N-])[C@@H](O)[C@@H]1O. The molecule has 0 saturated carbocycles. The number of ether oxygens (including phenoxy) is 2. The van der Waals surface area contributed by atoms with E-state index in [1.165, 1.54) is 0 Å². The second kappa shape index (κ2) is 5.83. The van der Waals surface area contributed by atoms with Crippen LogP contribution in [0, 0.1) is 0 Å². The molecule has 0 aliphatic carbocycles. The lowest BCUT2D eigenvalue weighted by molar-refractivity contribution is -0.163. The molecule has 17 heavy (non-hydrogen) atoms. The number of aliphatic hydroxyl groups excluding tert-OH is 2. The van der Waals surface area contributed by atoms with Gasteiger partial charge in [-0.1, -0.05) is 5.11 Å². The summed E-state index contributed by atoms with van der Waals surface area (Å²) in [7, 11) is 0. The zero-order chi connectivity index (χ0) is 13.0. The average Bonchev–Trinajstić information content (AvgIpc) is 2.53. The van der Waals surface area contributed by atoms with Gasteiger partial charge in [-0.2, -0.15) is 0 Å². The van der Waals surface area contributed by atoms with E-state index in [1.54, 1.807) is 13.8 Å². The van der Waals surface area contributed by atoms with Crippen molar-refractivity contribution in [1.82, 2.24) is 0 Å². The molecule has 1 aliphatic heterocycles. The molecule has 0 aromatic rings. The molecule has 1 saturated heterocycles. The third-order valence-electron chi connectivity index (χ3n) is 2.27. The van der Waals surface area contributed by atoms with Crippen LogP contribution in [0.1, 0.15) is 13.8 Å². The van der Waals surface area contributed by atoms with Gasteiger partial charge in [-0.3, -0.25) is 0 Å². The summed E-state index contributed by atoms with van der Waals surface area (Å²) in [5, 5.41) is 22.4. The van der Waals surface area contributed by atoms with Crippen molar-refractivity contribution in [3.05, 3.63) is 10.4 Å². The van der Waals surface area contributed by atoms with Crippen molar-refractivity contribution < 1.29 is 24.5 Å². The van der Waals surface area contributed by atoms with Crippen molar-refractivity contribution in [2.24, 2.45) is 5.11 Å². The molecule has 0 amide bonds. The van der Waals surface area contributed by atoms with E-state index < -0.39 is 30.4 Å². The van der Waals surface area contributed by atoms with Crippen LogP contribution in [-0.4, -0.2) is 53.2 Å². The molecule has 1 aliphatic rings. The van der Waals surface area contributed by atoms with Gasteiger partial charge >= 0.3 is 5.97 Å². The maximum atomic E-state index is 11.5. The first-order chi connectivity index (χ1) is 7.97.